The molecule has 7 nitrogen and oxygen atoms in total. The quantitative estimate of drug-likeness (QED) is 0.408. The average Bonchev–Trinajstić information content (AvgIpc) is 3.08. The van der Waals surface area contributed by atoms with Crippen molar-refractivity contribution >= 4 is 17.4 Å². The van der Waals surface area contributed by atoms with Crippen molar-refractivity contribution in [2.45, 2.75) is 6.04 Å². The van der Waals surface area contributed by atoms with E-state index in [2.05, 4.69) is 10.2 Å². The van der Waals surface area contributed by atoms with Crippen molar-refractivity contribution in [1.29, 1.82) is 0 Å². The second-order valence-electron chi connectivity index (χ2n) is 7.86. The van der Waals surface area contributed by atoms with E-state index in [9.17, 15) is 19.1 Å². The van der Waals surface area contributed by atoms with Gasteiger partial charge in [-0.1, -0.05) is 12.1 Å². The van der Waals surface area contributed by atoms with Crippen LogP contribution in [0.3, 0.4) is 0 Å². The molecule has 1 amide bonds. The van der Waals surface area contributed by atoms with Gasteiger partial charge in [-0.3, -0.25) is 14.5 Å². The van der Waals surface area contributed by atoms with Gasteiger partial charge >= 0.3 is 0 Å². The fourth-order valence-corrected chi connectivity index (χ4v) is 4.19. The zero-order valence-corrected chi connectivity index (χ0v) is 17.9. The number of benzene rings is 2. The Morgan fingerprint density at radius 2 is 1.72 bits per heavy atom. The zero-order chi connectivity index (χ0) is 22.7. The summed E-state index contributed by atoms with van der Waals surface area (Å²) >= 11 is 0. The highest BCUT2D eigenvalue weighted by Crippen LogP contribution is 2.39. The van der Waals surface area contributed by atoms with Gasteiger partial charge in [0.2, 0.25) is 0 Å². The van der Waals surface area contributed by atoms with E-state index in [4.69, 9.17) is 4.74 Å². The molecule has 0 radical (unpaired) electrons. The van der Waals surface area contributed by atoms with Crippen LogP contribution in [0.4, 0.5) is 4.39 Å². The molecule has 0 spiro atoms. The predicted molar refractivity (Wildman–Crippen MR) is 118 cm³/mol. The monoisotopic (exact) mass is 439 g/mol. The minimum Gasteiger partial charge on any atom is -0.507 e. The molecule has 0 unspecified atom stereocenters. The van der Waals surface area contributed by atoms with Gasteiger partial charge in [0.05, 0.1) is 18.7 Å². The molecule has 2 saturated heterocycles. The Hall–Kier alpha value is -3.23. The van der Waals surface area contributed by atoms with Crippen LogP contribution >= 0.6 is 0 Å². The SMILES string of the molecule is COc1ccc(/C(O)=C2\C(=O)C(=O)N(CCN3CCNCC3)[C@@H]2c2ccc(F)cc2)cc1. The molecule has 32 heavy (non-hydrogen) atoms. The van der Waals surface area contributed by atoms with Gasteiger partial charge in [-0.2, -0.15) is 0 Å². The van der Waals surface area contributed by atoms with E-state index >= 15 is 0 Å². The number of likely N-dealkylation sites (tertiary alicyclic amines) is 1. The first-order valence-corrected chi connectivity index (χ1v) is 10.6. The third kappa shape index (κ3) is 4.37. The van der Waals surface area contributed by atoms with E-state index < -0.39 is 23.5 Å². The number of hydrogen-bond donors (Lipinski definition) is 2. The minimum absolute atomic E-state index is 0.00656. The number of ether oxygens (including phenoxy) is 1. The molecule has 4 rings (SSSR count). The number of piperazine rings is 1. The highest BCUT2D eigenvalue weighted by atomic mass is 19.1. The number of carbonyl (C=O) groups excluding carboxylic acids is 2. The summed E-state index contributed by atoms with van der Waals surface area (Å²) in [4.78, 5) is 29.7. The van der Waals surface area contributed by atoms with Gasteiger partial charge in [0.1, 0.15) is 17.3 Å². The van der Waals surface area contributed by atoms with Crippen LogP contribution in [-0.4, -0.2) is 73.0 Å². The second kappa shape index (κ2) is 9.50. The van der Waals surface area contributed by atoms with Gasteiger partial charge in [0.25, 0.3) is 11.7 Å². The number of amides is 1. The maximum atomic E-state index is 13.6. The van der Waals surface area contributed by atoms with Crippen LogP contribution in [0.15, 0.2) is 54.1 Å². The molecule has 2 fully saturated rings. The van der Waals surface area contributed by atoms with Crippen LogP contribution in [0, 0.1) is 5.82 Å². The van der Waals surface area contributed by atoms with Crippen molar-refractivity contribution in [2.75, 3.05) is 46.4 Å². The smallest absolute Gasteiger partial charge is 0.295 e. The number of carbonyl (C=O) groups is 2. The number of aliphatic hydroxyl groups is 1. The van der Waals surface area contributed by atoms with Gasteiger partial charge < -0.3 is 20.1 Å². The minimum atomic E-state index is -0.791. The van der Waals surface area contributed by atoms with Crippen molar-refractivity contribution in [3.05, 3.63) is 71.0 Å². The number of nitrogens with one attached hydrogen (secondary N) is 1. The Morgan fingerprint density at radius 1 is 1.06 bits per heavy atom. The Balaban J connectivity index is 1.71. The van der Waals surface area contributed by atoms with Gasteiger partial charge in [0, 0.05) is 44.8 Å². The molecule has 8 heteroatoms. The molecule has 2 aromatic carbocycles. The number of methoxy groups -OCH3 is 1. The number of Topliss-reactive ketones (excluding diaryl/α,β-unsaturated/α-hetero) is 1. The molecule has 2 heterocycles. The summed E-state index contributed by atoms with van der Waals surface area (Å²) in [6.07, 6.45) is 0. The van der Waals surface area contributed by atoms with Crippen LogP contribution in [-0.2, 0) is 9.59 Å². The van der Waals surface area contributed by atoms with Crippen LogP contribution in [0.1, 0.15) is 17.2 Å². The Kier molecular flexibility index (Phi) is 6.53. The third-order valence-corrected chi connectivity index (χ3v) is 5.96. The first-order valence-electron chi connectivity index (χ1n) is 10.6. The van der Waals surface area contributed by atoms with Gasteiger partial charge in [0.15, 0.2) is 0 Å². The number of ketones is 1. The summed E-state index contributed by atoms with van der Waals surface area (Å²) in [5, 5.41) is 14.3. The van der Waals surface area contributed by atoms with Gasteiger partial charge in [-0.15, -0.1) is 0 Å². The maximum absolute atomic E-state index is 13.6. The van der Waals surface area contributed by atoms with Crippen molar-refractivity contribution in [3.63, 3.8) is 0 Å². The molecule has 2 aliphatic rings. The number of hydrogen-bond acceptors (Lipinski definition) is 6. The van der Waals surface area contributed by atoms with Crippen LogP contribution in [0.5, 0.6) is 5.75 Å². The molecule has 2 aromatic rings. The van der Waals surface area contributed by atoms with E-state index in [0.717, 1.165) is 26.2 Å². The lowest BCUT2D eigenvalue weighted by molar-refractivity contribution is -0.140. The standard InChI is InChI=1S/C24H26FN3O4/c1-32-19-8-4-17(5-9-19)22(29)20-21(16-2-6-18(25)7-3-16)28(24(31)23(20)30)15-14-27-12-10-26-11-13-27/h2-9,21,26,29H,10-15H2,1H3/b22-20+/t21-/m1/s1. The normalized spacial score (nSPS) is 21.2. The first-order chi connectivity index (χ1) is 15.5. The molecule has 0 saturated carbocycles. The molecule has 0 bridgehead atoms. The molecule has 2 N–H and O–H groups in total. The summed E-state index contributed by atoms with van der Waals surface area (Å²) < 4.78 is 18.7. The van der Waals surface area contributed by atoms with E-state index in [0.29, 0.717) is 30.0 Å². The Labute approximate surface area is 186 Å². The Morgan fingerprint density at radius 3 is 2.34 bits per heavy atom. The van der Waals surface area contributed by atoms with Crippen LogP contribution < -0.4 is 10.1 Å². The molecule has 168 valence electrons. The van der Waals surface area contributed by atoms with E-state index in [-0.39, 0.29) is 11.3 Å². The Bertz CT molecular complexity index is 1010. The second-order valence-corrected chi connectivity index (χ2v) is 7.86. The average molecular weight is 439 g/mol. The number of aliphatic hydroxyl groups excluding tert-OH is 1. The number of halogens is 1. The zero-order valence-electron chi connectivity index (χ0n) is 17.9. The summed E-state index contributed by atoms with van der Waals surface area (Å²) in [6.45, 7) is 4.39. The first kappa shape index (κ1) is 22.0. The number of rotatable bonds is 6. The lowest BCUT2D eigenvalue weighted by Gasteiger charge is -2.31. The van der Waals surface area contributed by atoms with Crippen molar-refractivity contribution in [3.8, 4) is 5.75 Å². The number of nitrogens with zero attached hydrogens (tertiary/aromatic N) is 2. The molecule has 1 atom stereocenters. The van der Waals surface area contributed by atoms with Crippen molar-refractivity contribution in [2.24, 2.45) is 0 Å². The molecule has 0 aliphatic carbocycles. The van der Waals surface area contributed by atoms with Crippen LogP contribution in [0.2, 0.25) is 0 Å². The van der Waals surface area contributed by atoms with Gasteiger partial charge in [-0.05, 0) is 42.0 Å². The summed E-state index contributed by atoms with van der Waals surface area (Å²) in [6, 6.07) is 11.5. The van der Waals surface area contributed by atoms with Crippen molar-refractivity contribution in [1.82, 2.24) is 15.1 Å². The summed E-state index contributed by atoms with van der Waals surface area (Å²) in [7, 11) is 1.54. The van der Waals surface area contributed by atoms with Gasteiger partial charge in [-0.25, -0.2) is 4.39 Å². The van der Waals surface area contributed by atoms with E-state index in [1.54, 1.807) is 36.4 Å². The highest BCUT2D eigenvalue weighted by Gasteiger charge is 2.46. The predicted octanol–water partition coefficient (Wildman–Crippen LogP) is 2.16. The van der Waals surface area contributed by atoms with Crippen LogP contribution in [0.25, 0.3) is 5.76 Å². The summed E-state index contributed by atoms with van der Waals surface area (Å²) in [5.41, 5.74) is 0.978. The molecule has 2 aliphatic heterocycles. The fourth-order valence-electron chi connectivity index (χ4n) is 4.19. The lowest BCUT2D eigenvalue weighted by Crippen LogP contribution is -2.46. The van der Waals surface area contributed by atoms with E-state index in [1.807, 2.05) is 0 Å². The highest BCUT2D eigenvalue weighted by molar-refractivity contribution is 6.46. The maximum Gasteiger partial charge on any atom is 0.295 e. The van der Waals surface area contributed by atoms with Crippen molar-refractivity contribution < 1.29 is 23.8 Å². The molecular formula is C24H26FN3O4. The summed E-state index contributed by atoms with van der Waals surface area (Å²) in [5.74, 6) is -1.47. The van der Waals surface area contributed by atoms with E-state index in [1.165, 1.54) is 24.1 Å². The fraction of sp³-hybridized carbons (Fsp3) is 0.333. The third-order valence-electron chi connectivity index (χ3n) is 5.96. The lowest BCUT2D eigenvalue weighted by atomic mass is 9.95. The molecular weight excluding hydrogens is 413 g/mol. The largest absolute Gasteiger partial charge is 0.507 e. The topological polar surface area (TPSA) is 82.1 Å². The molecule has 0 aromatic heterocycles.